The normalized spacial score (nSPS) is 14.3. The largest absolute Gasteiger partial charge is 0.494 e. The lowest BCUT2D eigenvalue weighted by molar-refractivity contribution is 0.0322. The van der Waals surface area contributed by atoms with Crippen LogP contribution in [0.1, 0.15) is 12.0 Å². The van der Waals surface area contributed by atoms with Crippen LogP contribution in [0, 0.1) is 0 Å². The van der Waals surface area contributed by atoms with Crippen LogP contribution in [0.2, 0.25) is 0 Å². The first-order valence-electron chi connectivity index (χ1n) is 11.0. The van der Waals surface area contributed by atoms with Crippen molar-refractivity contribution in [2.45, 2.75) is 13.0 Å². The van der Waals surface area contributed by atoms with E-state index in [1.54, 1.807) is 7.05 Å². The lowest BCUT2D eigenvalue weighted by Gasteiger charge is -2.26. The van der Waals surface area contributed by atoms with E-state index in [4.69, 9.17) is 14.2 Å². The molecule has 0 saturated carbocycles. The lowest BCUT2D eigenvalue weighted by atomic mass is 10.2. The molecule has 7 nitrogen and oxygen atoms in total. The number of hydrogen-bond acceptors (Lipinski definition) is 5. The van der Waals surface area contributed by atoms with Gasteiger partial charge in [0.15, 0.2) is 5.96 Å². The number of para-hydroxylation sites is 2. The third-order valence-electron chi connectivity index (χ3n) is 5.04. The van der Waals surface area contributed by atoms with E-state index in [2.05, 4.69) is 26.6 Å². The molecule has 0 bridgehead atoms. The highest BCUT2D eigenvalue weighted by molar-refractivity contribution is 14.0. The molecule has 1 aliphatic heterocycles. The number of benzene rings is 2. The molecule has 0 aromatic heterocycles. The van der Waals surface area contributed by atoms with Gasteiger partial charge in [-0.15, -0.1) is 24.0 Å². The molecule has 0 radical (unpaired) electrons. The fraction of sp³-hybridized carbons (Fsp3) is 0.458. The van der Waals surface area contributed by atoms with E-state index in [1.165, 1.54) is 0 Å². The van der Waals surface area contributed by atoms with Crippen LogP contribution in [0.25, 0.3) is 0 Å². The van der Waals surface area contributed by atoms with Gasteiger partial charge in [-0.05, 0) is 24.6 Å². The molecule has 3 rings (SSSR count). The second-order valence-corrected chi connectivity index (χ2v) is 7.28. The minimum atomic E-state index is 0. The molecule has 0 atom stereocenters. The van der Waals surface area contributed by atoms with Gasteiger partial charge in [0.05, 0.1) is 19.8 Å². The third kappa shape index (κ3) is 9.62. The Morgan fingerprint density at radius 1 is 0.969 bits per heavy atom. The first-order valence-corrected chi connectivity index (χ1v) is 11.0. The van der Waals surface area contributed by atoms with Gasteiger partial charge in [-0.2, -0.15) is 0 Å². The molecular weight excluding hydrogens is 519 g/mol. The SMILES string of the molecule is CN=C(NCCCOc1ccccc1)NCc1ccccc1OCCN1CCOCC1.I. The zero-order chi connectivity index (χ0) is 21.6. The van der Waals surface area contributed by atoms with Gasteiger partial charge >= 0.3 is 0 Å². The minimum Gasteiger partial charge on any atom is -0.494 e. The van der Waals surface area contributed by atoms with E-state index in [1.807, 2.05) is 48.5 Å². The quantitative estimate of drug-likeness (QED) is 0.193. The fourth-order valence-corrected chi connectivity index (χ4v) is 3.29. The van der Waals surface area contributed by atoms with Crippen LogP contribution in [0.5, 0.6) is 11.5 Å². The summed E-state index contributed by atoms with van der Waals surface area (Å²) < 4.78 is 17.2. The van der Waals surface area contributed by atoms with Gasteiger partial charge in [-0.25, -0.2) is 0 Å². The maximum Gasteiger partial charge on any atom is 0.191 e. The molecule has 0 unspecified atom stereocenters. The molecule has 1 aliphatic rings. The van der Waals surface area contributed by atoms with Crippen LogP contribution < -0.4 is 20.1 Å². The van der Waals surface area contributed by atoms with E-state index in [0.717, 1.165) is 68.8 Å². The van der Waals surface area contributed by atoms with Gasteiger partial charge < -0.3 is 24.8 Å². The van der Waals surface area contributed by atoms with Gasteiger partial charge in [-0.3, -0.25) is 9.89 Å². The number of nitrogens with zero attached hydrogens (tertiary/aromatic N) is 2. The topological polar surface area (TPSA) is 67.4 Å². The molecule has 2 aromatic carbocycles. The Morgan fingerprint density at radius 2 is 1.72 bits per heavy atom. The molecule has 2 aromatic rings. The van der Waals surface area contributed by atoms with Crippen molar-refractivity contribution >= 4 is 29.9 Å². The van der Waals surface area contributed by atoms with Crippen molar-refractivity contribution in [3.05, 3.63) is 60.2 Å². The maximum atomic E-state index is 6.06. The molecule has 176 valence electrons. The third-order valence-corrected chi connectivity index (χ3v) is 5.04. The summed E-state index contributed by atoms with van der Waals surface area (Å²) in [6.45, 7) is 7.25. The number of guanidine groups is 1. The van der Waals surface area contributed by atoms with Gasteiger partial charge in [0, 0.05) is 45.3 Å². The van der Waals surface area contributed by atoms with Gasteiger partial charge in [0.1, 0.15) is 18.1 Å². The Morgan fingerprint density at radius 3 is 2.50 bits per heavy atom. The molecule has 0 amide bonds. The second kappa shape index (κ2) is 15.7. The smallest absolute Gasteiger partial charge is 0.191 e. The molecule has 1 heterocycles. The average molecular weight is 554 g/mol. The van der Waals surface area contributed by atoms with Crippen molar-refractivity contribution in [2.24, 2.45) is 4.99 Å². The van der Waals surface area contributed by atoms with Crippen molar-refractivity contribution in [3.8, 4) is 11.5 Å². The first kappa shape index (κ1) is 26.2. The lowest BCUT2D eigenvalue weighted by Crippen LogP contribution is -2.39. The summed E-state index contributed by atoms with van der Waals surface area (Å²) in [5.41, 5.74) is 1.11. The van der Waals surface area contributed by atoms with E-state index in [-0.39, 0.29) is 24.0 Å². The Bertz CT molecular complexity index is 786. The highest BCUT2D eigenvalue weighted by atomic mass is 127. The van der Waals surface area contributed by atoms with Crippen LogP contribution in [0.4, 0.5) is 0 Å². The summed E-state index contributed by atoms with van der Waals surface area (Å²) in [5, 5.41) is 6.70. The molecule has 0 spiro atoms. The number of hydrogen-bond donors (Lipinski definition) is 2. The van der Waals surface area contributed by atoms with Gasteiger partial charge in [0.25, 0.3) is 0 Å². The van der Waals surface area contributed by atoms with E-state index in [9.17, 15) is 0 Å². The molecule has 1 saturated heterocycles. The number of morpholine rings is 1. The molecule has 8 heteroatoms. The number of ether oxygens (including phenoxy) is 3. The van der Waals surface area contributed by atoms with Crippen molar-refractivity contribution in [1.82, 2.24) is 15.5 Å². The van der Waals surface area contributed by atoms with E-state index < -0.39 is 0 Å². The number of nitrogens with one attached hydrogen (secondary N) is 2. The second-order valence-electron chi connectivity index (χ2n) is 7.28. The van der Waals surface area contributed by atoms with Crippen LogP contribution >= 0.6 is 24.0 Å². The number of aliphatic imine (C=N–C) groups is 1. The Labute approximate surface area is 208 Å². The summed E-state index contributed by atoms with van der Waals surface area (Å²) in [6, 6.07) is 18.0. The van der Waals surface area contributed by atoms with Crippen LogP contribution in [0.15, 0.2) is 59.6 Å². The summed E-state index contributed by atoms with van der Waals surface area (Å²) in [5.74, 6) is 2.58. The Hall–Kier alpha value is -2.04. The van der Waals surface area contributed by atoms with Crippen LogP contribution in [-0.4, -0.2) is 70.5 Å². The highest BCUT2D eigenvalue weighted by Crippen LogP contribution is 2.17. The van der Waals surface area contributed by atoms with E-state index in [0.29, 0.717) is 19.8 Å². The summed E-state index contributed by atoms with van der Waals surface area (Å²) in [6.07, 6.45) is 0.886. The molecule has 2 N–H and O–H groups in total. The van der Waals surface area contributed by atoms with Crippen molar-refractivity contribution in [3.63, 3.8) is 0 Å². The molecule has 1 fully saturated rings. The first-order chi connectivity index (χ1) is 15.3. The highest BCUT2D eigenvalue weighted by Gasteiger charge is 2.10. The monoisotopic (exact) mass is 554 g/mol. The Balaban J connectivity index is 0.00000363. The molecule has 32 heavy (non-hydrogen) atoms. The zero-order valence-electron chi connectivity index (χ0n) is 18.8. The number of halogens is 1. The van der Waals surface area contributed by atoms with Gasteiger partial charge in [0.2, 0.25) is 0 Å². The van der Waals surface area contributed by atoms with Crippen molar-refractivity contribution in [2.75, 3.05) is 59.7 Å². The number of rotatable bonds is 11. The predicted molar refractivity (Wildman–Crippen MR) is 139 cm³/mol. The predicted octanol–water partition coefficient (Wildman–Crippen LogP) is 3.15. The molecule has 0 aliphatic carbocycles. The fourth-order valence-electron chi connectivity index (χ4n) is 3.29. The van der Waals surface area contributed by atoms with Crippen molar-refractivity contribution in [1.29, 1.82) is 0 Å². The Kier molecular flexibility index (Phi) is 12.9. The van der Waals surface area contributed by atoms with Crippen LogP contribution in [0.3, 0.4) is 0 Å². The van der Waals surface area contributed by atoms with Crippen LogP contribution in [-0.2, 0) is 11.3 Å². The summed E-state index contributed by atoms with van der Waals surface area (Å²) in [7, 11) is 1.78. The summed E-state index contributed by atoms with van der Waals surface area (Å²) >= 11 is 0. The maximum absolute atomic E-state index is 6.06. The van der Waals surface area contributed by atoms with Gasteiger partial charge in [-0.1, -0.05) is 36.4 Å². The molecular formula is C24H35IN4O3. The average Bonchev–Trinajstić information content (AvgIpc) is 2.83. The summed E-state index contributed by atoms with van der Waals surface area (Å²) in [4.78, 5) is 6.68. The standard InChI is InChI=1S/C24H34N4O3.HI/c1-25-24(26-12-7-16-30-22-9-3-2-4-10-22)27-20-21-8-5-6-11-23(21)31-19-15-28-13-17-29-18-14-28;/h2-6,8-11H,7,12-20H2,1H3,(H2,25,26,27);1H. The zero-order valence-corrected chi connectivity index (χ0v) is 21.1. The minimum absolute atomic E-state index is 0. The van der Waals surface area contributed by atoms with Crippen molar-refractivity contribution < 1.29 is 14.2 Å². The van der Waals surface area contributed by atoms with E-state index >= 15 is 0 Å².